The van der Waals surface area contributed by atoms with Crippen molar-refractivity contribution in [3.63, 3.8) is 0 Å². The Morgan fingerprint density at radius 3 is 2.62 bits per heavy atom. The van der Waals surface area contributed by atoms with Crippen molar-refractivity contribution in [1.29, 1.82) is 0 Å². The first-order valence-corrected chi connectivity index (χ1v) is 4.50. The molecule has 0 saturated carbocycles. The molecule has 0 unspecified atom stereocenters. The first-order valence-electron chi connectivity index (χ1n) is 4.50. The molecule has 1 aromatic rings. The molecule has 0 aromatic heterocycles. The van der Waals surface area contributed by atoms with Crippen LogP contribution in [0.1, 0.15) is 12.5 Å². The van der Waals surface area contributed by atoms with Crippen molar-refractivity contribution in [1.82, 2.24) is 0 Å². The predicted octanol–water partition coefficient (Wildman–Crippen LogP) is 1.97. The van der Waals surface area contributed by atoms with Crippen molar-refractivity contribution in [3.8, 4) is 5.75 Å². The lowest BCUT2D eigenvalue weighted by atomic mass is 10.1. The van der Waals surface area contributed by atoms with Gasteiger partial charge in [0.15, 0.2) is 5.75 Å². The Bertz CT molecular complexity index is 429. The summed E-state index contributed by atoms with van der Waals surface area (Å²) < 4.78 is 4.89. The van der Waals surface area contributed by atoms with E-state index in [-0.39, 0.29) is 11.4 Å². The number of rotatable bonds is 4. The minimum atomic E-state index is -0.498. The van der Waals surface area contributed by atoms with Crippen molar-refractivity contribution >= 4 is 11.4 Å². The van der Waals surface area contributed by atoms with Crippen molar-refractivity contribution in [3.05, 3.63) is 33.9 Å². The van der Waals surface area contributed by atoms with Crippen LogP contribution in [-0.2, 0) is 4.84 Å². The third kappa shape index (κ3) is 2.47. The second-order valence-corrected chi connectivity index (χ2v) is 3.00. The summed E-state index contributed by atoms with van der Waals surface area (Å²) in [6, 6.07) is 4.61. The molecule has 86 valence electrons. The molecule has 0 heterocycles. The first kappa shape index (κ1) is 12.0. The topological polar surface area (TPSA) is 74.0 Å². The summed E-state index contributed by atoms with van der Waals surface area (Å²) in [5.41, 5.74) is 1.09. The lowest BCUT2D eigenvalue weighted by Gasteiger charge is -2.04. The van der Waals surface area contributed by atoms with Gasteiger partial charge in [0.25, 0.3) is 0 Å². The van der Waals surface area contributed by atoms with Crippen LogP contribution in [0.2, 0.25) is 0 Å². The number of nitrogens with zero attached hydrogens (tertiary/aromatic N) is 2. The monoisotopic (exact) mass is 224 g/mol. The van der Waals surface area contributed by atoms with E-state index in [2.05, 4.69) is 9.99 Å². The maximum absolute atomic E-state index is 10.8. The molecule has 1 rings (SSSR count). The largest absolute Gasteiger partial charge is 0.490 e. The van der Waals surface area contributed by atoms with Crippen LogP contribution in [0, 0.1) is 10.1 Å². The van der Waals surface area contributed by atoms with Gasteiger partial charge in [0, 0.05) is 11.6 Å². The van der Waals surface area contributed by atoms with E-state index in [0.29, 0.717) is 11.3 Å². The minimum absolute atomic E-state index is 0.0920. The molecule has 0 radical (unpaired) electrons. The summed E-state index contributed by atoms with van der Waals surface area (Å²) >= 11 is 0. The van der Waals surface area contributed by atoms with Crippen LogP contribution in [0.15, 0.2) is 23.4 Å². The van der Waals surface area contributed by atoms with Crippen LogP contribution < -0.4 is 4.74 Å². The normalized spacial score (nSPS) is 11.1. The van der Waals surface area contributed by atoms with Crippen LogP contribution in [0.5, 0.6) is 5.75 Å². The number of nitro groups is 1. The average molecular weight is 224 g/mol. The number of methoxy groups -OCH3 is 1. The molecule has 0 bridgehead atoms. The third-order valence-corrected chi connectivity index (χ3v) is 2.02. The second-order valence-electron chi connectivity index (χ2n) is 3.00. The van der Waals surface area contributed by atoms with E-state index in [1.54, 1.807) is 13.0 Å². The summed E-state index contributed by atoms with van der Waals surface area (Å²) in [7, 11) is 2.81. The maximum atomic E-state index is 10.8. The maximum Gasteiger partial charge on any atom is 0.311 e. The van der Waals surface area contributed by atoms with Gasteiger partial charge in [-0.25, -0.2) is 0 Å². The fraction of sp³-hybridized carbons (Fsp3) is 0.300. The average Bonchev–Trinajstić information content (AvgIpc) is 2.28. The first-order chi connectivity index (χ1) is 7.60. The van der Waals surface area contributed by atoms with E-state index in [4.69, 9.17) is 4.74 Å². The Morgan fingerprint density at radius 1 is 1.44 bits per heavy atom. The van der Waals surface area contributed by atoms with E-state index < -0.39 is 4.92 Å². The van der Waals surface area contributed by atoms with Gasteiger partial charge in [-0.1, -0.05) is 5.16 Å². The SMILES string of the molecule is CO/N=C(\C)c1ccc(OC)c([N+](=O)[O-])c1. The zero-order chi connectivity index (χ0) is 12.1. The van der Waals surface area contributed by atoms with Crippen molar-refractivity contribution in [2.75, 3.05) is 14.2 Å². The van der Waals surface area contributed by atoms with E-state index in [0.717, 1.165) is 0 Å². The molecule has 0 saturated heterocycles. The van der Waals surface area contributed by atoms with Gasteiger partial charge < -0.3 is 9.57 Å². The van der Waals surface area contributed by atoms with Crippen molar-refractivity contribution in [2.45, 2.75) is 6.92 Å². The van der Waals surface area contributed by atoms with Crippen LogP contribution in [0.25, 0.3) is 0 Å². The Balaban J connectivity index is 3.22. The van der Waals surface area contributed by atoms with Crippen molar-refractivity contribution < 1.29 is 14.5 Å². The lowest BCUT2D eigenvalue weighted by Crippen LogP contribution is -1.99. The molecule has 0 aliphatic carbocycles. The quantitative estimate of drug-likeness (QED) is 0.445. The van der Waals surface area contributed by atoms with E-state index in [1.807, 2.05) is 0 Å². The highest BCUT2D eigenvalue weighted by Crippen LogP contribution is 2.27. The number of nitro benzene ring substituents is 1. The molecule has 0 N–H and O–H groups in total. The van der Waals surface area contributed by atoms with Gasteiger partial charge in [0.1, 0.15) is 7.11 Å². The number of oxime groups is 1. The van der Waals surface area contributed by atoms with Gasteiger partial charge >= 0.3 is 5.69 Å². The summed E-state index contributed by atoms with van der Waals surface area (Å²) in [5, 5.41) is 14.5. The van der Waals surface area contributed by atoms with Gasteiger partial charge in [-0.15, -0.1) is 0 Å². The molecule has 0 aliphatic rings. The second kappa shape index (κ2) is 5.11. The Morgan fingerprint density at radius 2 is 2.12 bits per heavy atom. The highest BCUT2D eigenvalue weighted by molar-refractivity contribution is 5.99. The molecule has 0 atom stereocenters. The minimum Gasteiger partial charge on any atom is -0.490 e. The third-order valence-electron chi connectivity index (χ3n) is 2.02. The number of hydrogen-bond acceptors (Lipinski definition) is 5. The predicted molar refractivity (Wildman–Crippen MR) is 58.9 cm³/mol. The Labute approximate surface area is 92.6 Å². The summed E-state index contributed by atoms with van der Waals surface area (Å²) in [6.45, 7) is 1.70. The van der Waals surface area contributed by atoms with Gasteiger partial charge in [-0.3, -0.25) is 10.1 Å². The Hall–Kier alpha value is -2.11. The molecule has 0 spiro atoms. The van der Waals surface area contributed by atoms with E-state index in [1.165, 1.54) is 26.4 Å². The molecule has 16 heavy (non-hydrogen) atoms. The highest BCUT2D eigenvalue weighted by Gasteiger charge is 2.15. The number of benzene rings is 1. The fourth-order valence-corrected chi connectivity index (χ4v) is 1.25. The fourth-order valence-electron chi connectivity index (χ4n) is 1.25. The smallest absolute Gasteiger partial charge is 0.311 e. The van der Waals surface area contributed by atoms with E-state index >= 15 is 0 Å². The van der Waals surface area contributed by atoms with Gasteiger partial charge in [0.05, 0.1) is 17.7 Å². The molecule has 0 aliphatic heterocycles. The molecular formula is C10H12N2O4. The van der Waals surface area contributed by atoms with Crippen molar-refractivity contribution in [2.24, 2.45) is 5.16 Å². The standard InChI is InChI=1S/C10H12N2O4/c1-7(11-16-3)8-4-5-10(15-2)9(6-8)12(13)14/h4-6H,1-3H3/b11-7+. The molecule has 6 heteroatoms. The molecule has 6 nitrogen and oxygen atoms in total. The zero-order valence-electron chi connectivity index (χ0n) is 9.26. The summed E-state index contributed by atoms with van der Waals surface area (Å²) in [5.74, 6) is 0.221. The molecule has 0 fully saturated rings. The van der Waals surface area contributed by atoms with E-state index in [9.17, 15) is 10.1 Å². The molecule has 0 amide bonds. The number of hydrogen-bond donors (Lipinski definition) is 0. The number of ether oxygens (including phenoxy) is 1. The Kier molecular flexibility index (Phi) is 3.82. The summed E-state index contributed by atoms with van der Waals surface area (Å²) in [6.07, 6.45) is 0. The lowest BCUT2D eigenvalue weighted by molar-refractivity contribution is -0.385. The van der Waals surface area contributed by atoms with Crippen LogP contribution in [-0.4, -0.2) is 24.9 Å². The van der Waals surface area contributed by atoms with Gasteiger partial charge in [-0.05, 0) is 19.1 Å². The highest BCUT2D eigenvalue weighted by atomic mass is 16.6. The molecule has 1 aromatic carbocycles. The van der Waals surface area contributed by atoms with Crippen LogP contribution >= 0.6 is 0 Å². The van der Waals surface area contributed by atoms with Gasteiger partial charge in [0.2, 0.25) is 0 Å². The van der Waals surface area contributed by atoms with Crippen LogP contribution in [0.4, 0.5) is 5.69 Å². The zero-order valence-corrected chi connectivity index (χ0v) is 9.26. The molecular weight excluding hydrogens is 212 g/mol. The van der Waals surface area contributed by atoms with Gasteiger partial charge in [-0.2, -0.15) is 0 Å². The summed E-state index contributed by atoms with van der Waals surface area (Å²) in [4.78, 5) is 14.9. The van der Waals surface area contributed by atoms with Crippen LogP contribution in [0.3, 0.4) is 0 Å².